The van der Waals surface area contributed by atoms with E-state index in [0.717, 1.165) is 40.4 Å². The molecule has 2 rings (SSSR count). The van der Waals surface area contributed by atoms with Gasteiger partial charge in [0.15, 0.2) is 0 Å². The van der Waals surface area contributed by atoms with Gasteiger partial charge in [-0.2, -0.15) is 0 Å². The van der Waals surface area contributed by atoms with Crippen molar-refractivity contribution in [3.05, 3.63) is 32.7 Å². The van der Waals surface area contributed by atoms with Crippen LogP contribution in [0.1, 0.15) is 36.0 Å². The molecule has 0 spiro atoms. The molecule has 1 aliphatic rings. The van der Waals surface area contributed by atoms with Crippen LogP contribution in [0.5, 0.6) is 0 Å². The molecule has 1 amide bonds. The van der Waals surface area contributed by atoms with Gasteiger partial charge < -0.3 is 4.90 Å². The van der Waals surface area contributed by atoms with Crippen molar-refractivity contribution in [3.8, 4) is 0 Å². The molecule has 4 heteroatoms. The molecule has 17 heavy (non-hydrogen) atoms. The van der Waals surface area contributed by atoms with Crippen molar-refractivity contribution in [3.63, 3.8) is 0 Å². The van der Waals surface area contributed by atoms with Crippen molar-refractivity contribution < 1.29 is 4.79 Å². The number of amides is 1. The minimum Gasteiger partial charge on any atom is -0.339 e. The Kier molecular flexibility index (Phi) is 4.62. The standard InChI is InChI=1S/C13H15Br2NO/c14-10-5-6-11(12(15)9-10)13(17)16-7-3-1-2-4-8-16/h5-6,9H,1-4,7-8H2. The van der Waals surface area contributed by atoms with E-state index in [2.05, 4.69) is 31.9 Å². The predicted octanol–water partition coefficient (Wildman–Crippen LogP) is 4.23. The minimum absolute atomic E-state index is 0.145. The summed E-state index contributed by atoms with van der Waals surface area (Å²) in [7, 11) is 0. The third kappa shape index (κ3) is 3.32. The van der Waals surface area contributed by atoms with Crippen LogP contribution in [0.3, 0.4) is 0 Å². The van der Waals surface area contributed by atoms with Crippen molar-refractivity contribution in [2.75, 3.05) is 13.1 Å². The molecular formula is C13H15Br2NO. The average Bonchev–Trinajstić information content (AvgIpc) is 2.56. The summed E-state index contributed by atoms with van der Waals surface area (Å²) in [5, 5.41) is 0. The molecule has 1 fully saturated rings. The maximum Gasteiger partial charge on any atom is 0.254 e. The molecule has 1 aliphatic heterocycles. The summed E-state index contributed by atoms with van der Waals surface area (Å²) < 4.78 is 1.85. The lowest BCUT2D eigenvalue weighted by atomic mass is 10.2. The molecule has 1 aromatic rings. The molecule has 1 heterocycles. The summed E-state index contributed by atoms with van der Waals surface area (Å²) in [5.41, 5.74) is 0.759. The van der Waals surface area contributed by atoms with E-state index in [1.165, 1.54) is 12.8 Å². The van der Waals surface area contributed by atoms with Crippen LogP contribution in [-0.4, -0.2) is 23.9 Å². The number of rotatable bonds is 1. The van der Waals surface area contributed by atoms with Gasteiger partial charge in [0.2, 0.25) is 0 Å². The molecule has 0 unspecified atom stereocenters. The van der Waals surface area contributed by atoms with Gasteiger partial charge in [0.1, 0.15) is 0 Å². The molecule has 0 aliphatic carbocycles. The molecule has 0 N–H and O–H groups in total. The fourth-order valence-electron chi connectivity index (χ4n) is 2.11. The first-order chi connectivity index (χ1) is 8.18. The molecule has 0 bridgehead atoms. The SMILES string of the molecule is O=C(c1ccc(Br)cc1Br)N1CCCCCC1. The van der Waals surface area contributed by atoms with Crippen molar-refractivity contribution in [2.45, 2.75) is 25.7 Å². The van der Waals surface area contributed by atoms with E-state index in [1.54, 1.807) is 0 Å². The van der Waals surface area contributed by atoms with Crippen LogP contribution >= 0.6 is 31.9 Å². The minimum atomic E-state index is 0.145. The summed E-state index contributed by atoms with van der Waals surface area (Å²) >= 11 is 6.86. The quantitative estimate of drug-likeness (QED) is 0.733. The van der Waals surface area contributed by atoms with Gasteiger partial charge in [-0.3, -0.25) is 4.79 Å². The van der Waals surface area contributed by atoms with Crippen molar-refractivity contribution in [1.29, 1.82) is 0 Å². The number of likely N-dealkylation sites (tertiary alicyclic amines) is 1. The lowest BCUT2D eigenvalue weighted by molar-refractivity contribution is 0.0760. The monoisotopic (exact) mass is 359 g/mol. The first-order valence-electron chi connectivity index (χ1n) is 5.93. The summed E-state index contributed by atoms with van der Waals surface area (Å²) in [5.74, 6) is 0.145. The van der Waals surface area contributed by atoms with Crippen LogP contribution in [0.4, 0.5) is 0 Å². The zero-order valence-corrected chi connectivity index (χ0v) is 12.8. The number of nitrogens with zero attached hydrogens (tertiary/aromatic N) is 1. The molecule has 2 nitrogen and oxygen atoms in total. The van der Waals surface area contributed by atoms with Gasteiger partial charge in [-0.15, -0.1) is 0 Å². The van der Waals surface area contributed by atoms with Gasteiger partial charge in [-0.1, -0.05) is 28.8 Å². The Morgan fingerprint density at radius 1 is 1.06 bits per heavy atom. The predicted molar refractivity (Wildman–Crippen MR) is 76.2 cm³/mol. The van der Waals surface area contributed by atoms with Gasteiger partial charge in [0, 0.05) is 22.0 Å². The maximum atomic E-state index is 12.4. The number of halogens is 2. The summed E-state index contributed by atoms with van der Waals surface area (Å²) in [6.07, 6.45) is 4.73. The summed E-state index contributed by atoms with van der Waals surface area (Å²) in [4.78, 5) is 14.3. The van der Waals surface area contributed by atoms with E-state index in [9.17, 15) is 4.79 Å². The highest BCUT2D eigenvalue weighted by molar-refractivity contribution is 9.11. The van der Waals surface area contributed by atoms with E-state index in [1.807, 2.05) is 23.1 Å². The van der Waals surface area contributed by atoms with E-state index in [4.69, 9.17) is 0 Å². The van der Waals surface area contributed by atoms with Gasteiger partial charge in [0.05, 0.1) is 5.56 Å². The lowest BCUT2D eigenvalue weighted by Crippen LogP contribution is -2.32. The number of hydrogen-bond donors (Lipinski definition) is 0. The molecule has 0 saturated carbocycles. The van der Waals surface area contributed by atoms with Gasteiger partial charge >= 0.3 is 0 Å². The number of benzene rings is 1. The van der Waals surface area contributed by atoms with Crippen molar-refractivity contribution in [1.82, 2.24) is 4.90 Å². The Balaban J connectivity index is 2.17. The largest absolute Gasteiger partial charge is 0.339 e. The third-order valence-corrected chi connectivity index (χ3v) is 4.20. The Bertz CT molecular complexity index is 412. The van der Waals surface area contributed by atoms with Gasteiger partial charge in [-0.25, -0.2) is 0 Å². The Labute approximate surface area is 119 Å². The zero-order chi connectivity index (χ0) is 12.3. The summed E-state index contributed by atoms with van der Waals surface area (Å²) in [6.45, 7) is 1.78. The van der Waals surface area contributed by atoms with Crippen LogP contribution in [0, 0.1) is 0 Å². The normalized spacial score (nSPS) is 16.7. The number of carbonyl (C=O) groups excluding carboxylic acids is 1. The van der Waals surface area contributed by atoms with E-state index in [0.29, 0.717) is 0 Å². The van der Waals surface area contributed by atoms with Crippen LogP contribution in [-0.2, 0) is 0 Å². The zero-order valence-electron chi connectivity index (χ0n) is 9.59. The Morgan fingerprint density at radius 3 is 2.29 bits per heavy atom. The second-order valence-corrected chi connectivity index (χ2v) is 6.10. The fourth-order valence-corrected chi connectivity index (χ4v) is 3.32. The maximum absolute atomic E-state index is 12.4. The molecular weight excluding hydrogens is 346 g/mol. The van der Waals surface area contributed by atoms with Crippen molar-refractivity contribution >= 4 is 37.8 Å². The molecule has 92 valence electrons. The van der Waals surface area contributed by atoms with Crippen LogP contribution in [0.15, 0.2) is 27.1 Å². The third-order valence-electron chi connectivity index (χ3n) is 3.05. The first-order valence-corrected chi connectivity index (χ1v) is 7.51. The highest BCUT2D eigenvalue weighted by Crippen LogP contribution is 2.24. The second kappa shape index (κ2) is 6.01. The topological polar surface area (TPSA) is 20.3 Å². The van der Waals surface area contributed by atoms with Crippen LogP contribution in [0.25, 0.3) is 0 Å². The van der Waals surface area contributed by atoms with E-state index < -0.39 is 0 Å². The van der Waals surface area contributed by atoms with Crippen LogP contribution < -0.4 is 0 Å². The highest BCUT2D eigenvalue weighted by atomic mass is 79.9. The fraction of sp³-hybridized carbons (Fsp3) is 0.462. The van der Waals surface area contributed by atoms with E-state index >= 15 is 0 Å². The Hall–Kier alpha value is -0.350. The second-order valence-electron chi connectivity index (χ2n) is 4.33. The Morgan fingerprint density at radius 2 is 1.71 bits per heavy atom. The molecule has 1 aromatic carbocycles. The van der Waals surface area contributed by atoms with Gasteiger partial charge in [-0.05, 0) is 47.0 Å². The lowest BCUT2D eigenvalue weighted by Gasteiger charge is -2.21. The molecule has 0 radical (unpaired) electrons. The number of hydrogen-bond acceptors (Lipinski definition) is 1. The molecule has 0 atom stereocenters. The number of carbonyl (C=O) groups is 1. The molecule has 1 saturated heterocycles. The summed E-state index contributed by atoms with van der Waals surface area (Å²) in [6, 6.07) is 5.71. The average molecular weight is 361 g/mol. The van der Waals surface area contributed by atoms with E-state index in [-0.39, 0.29) is 5.91 Å². The smallest absolute Gasteiger partial charge is 0.254 e. The first kappa shape index (κ1) is 13.1. The van der Waals surface area contributed by atoms with Gasteiger partial charge in [0.25, 0.3) is 5.91 Å². The molecule has 0 aromatic heterocycles. The van der Waals surface area contributed by atoms with Crippen LogP contribution in [0.2, 0.25) is 0 Å². The van der Waals surface area contributed by atoms with Crippen molar-refractivity contribution in [2.24, 2.45) is 0 Å². The highest BCUT2D eigenvalue weighted by Gasteiger charge is 2.19.